The molecule has 204 valence electrons. The van der Waals surface area contributed by atoms with Gasteiger partial charge in [-0.3, -0.25) is 0 Å². The number of nitrogens with one attached hydrogen (secondary N) is 1. The summed E-state index contributed by atoms with van der Waals surface area (Å²) in [6.07, 6.45) is 6.72. The van der Waals surface area contributed by atoms with E-state index in [0.29, 0.717) is 5.92 Å². The summed E-state index contributed by atoms with van der Waals surface area (Å²) < 4.78 is 23.7. The molecule has 1 aliphatic carbocycles. The molecular weight excluding hydrogens is 477 g/mol. The first-order valence-corrected chi connectivity index (χ1v) is 13.9. The van der Waals surface area contributed by atoms with Crippen LogP contribution in [0.1, 0.15) is 39.0 Å². The predicted molar refractivity (Wildman–Crippen MR) is 155 cm³/mol. The molecule has 3 aromatic rings. The molecule has 2 aliphatic rings. The maximum Gasteiger partial charge on any atom is 0.123 e. The first-order valence-electron chi connectivity index (χ1n) is 13.9. The van der Waals surface area contributed by atoms with Crippen LogP contribution in [0, 0.1) is 23.6 Å². The third kappa shape index (κ3) is 8.66. The highest BCUT2D eigenvalue weighted by atomic mass is 19.1. The number of nitrogens with zero attached hydrogens (tertiary/aromatic N) is 1. The molecule has 1 aliphatic heterocycles. The number of methoxy groups -OCH3 is 1. The summed E-state index contributed by atoms with van der Waals surface area (Å²) in [4.78, 5) is 2.65. The molecule has 2 atom stereocenters. The van der Waals surface area contributed by atoms with E-state index in [1.54, 1.807) is 19.2 Å². The molecule has 1 saturated carbocycles. The van der Waals surface area contributed by atoms with Gasteiger partial charge < -0.3 is 25.4 Å². The Hall–Kier alpha value is -3.25. The Morgan fingerprint density at radius 3 is 2.03 bits per heavy atom. The Morgan fingerprint density at radius 1 is 0.842 bits per heavy atom. The van der Waals surface area contributed by atoms with Crippen molar-refractivity contribution in [3.05, 3.63) is 78.6 Å². The highest BCUT2D eigenvalue weighted by Crippen LogP contribution is 2.32. The highest BCUT2D eigenvalue weighted by Gasteiger charge is 2.27. The predicted octanol–water partition coefficient (Wildman–Crippen LogP) is 7.37. The lowest BCUT2D eigenvalue weighted by atomic mass is 9.94. The molecule has 2 unspecified atom stereocenters. The molecule has 1 saturated heterocycles. The monoisotopic (exact) mass is 519 g/mol. The second-order valence-electron chi connectivity index (χ2n) is 10.7. The summed E-state index contributed by atoms with van der Waals surface area (Å²) in [6.45, 7) is 6.90. The minimum atomic E-state index is -0.207. The number of nitrogens with two attached hydrogens (primary N) is 1. The van der Waals surface area contributed by atoms with Gasteiger partial charge in [0.1, 0.15) is 17.3 Å². The number of rotatable bonds is 8. The highest BCUT2D eigenvalue weighted by molar-refractivity contribution is 5.62. The number of hydrogen-bond donors (Lipinski definition) is 2. The van der Waals surface area contributed by atoms with Crippen LogP contribution in [-0.4, -0.2) is 38.3 Å². The molecule has 0 bridgehead atoms. The van der Waals surface area contributed by atoms with Crippen molar-refractivity contribution < 1.29 is 13.9 Å². The summed E-state index contributed by atoms with van der Waals surface area (Å²) >= 11 is 0. The summed E-state index contributed by atoms with van der Waals surface area (Å²) in [5.74, 6) is 3.90. The summed E-state index contributed by atoms with van der Waals surface area (Å²) in [7, 11) is 1.66. The average Bonchev–Trinajstić information content (AvgIpc) is 3.35. The molecule has 0 aromatic heterocycles. The minimum Gasteiger partial charge on any atom is -0.497 e. The zero-order valence-corrected chi connectivity index (χ0v) is 22.7. The molecule has 3 aromatic carbocycles. The number of ether oxygens (including phenoxy) is 2. The second kappa shape index (κ2) is 14.1. The van der Waals surface area contributed by atoms with Crippen LogP contribution in [0.3, 0.4) is 0 Å². The number of likely N-dealkylation sites (tertiary alicyclic amines) is 1. The molecule has 38 heavy (non-hydrogen) atoms. The van der Waals surface area contributed by atoms with Gasteiger partial charge in [0.15, 0.2) is 0 Å². The smallest absolute Gasteiger partial charge is 0.123 e. The number of benzene rings is 3. The van der Waals surface area contributed by atoms with Gasteiger partial charge in [0.25, 0.3) is 0 Å². The van der Waals surface area contributed by atoms with Crippen molar-refractivity contribution in [1.82, 2.24) is 4.90 Å². The Labute approximate surface area is 227 Å². The quantitative estimate of drug-likeness (QED) is 0.304. The fourth-order valence-electron chi connectivity index (χ4n) is 5.31. The normalized spacial score (nSPS) is 19.9. The van der Waals surface area contributed by atoms with E-state index >= 15 is 0 Å². The zero-order chi connectivity index (χ0) is 26.7. The van der Waals surface area contributed by atoms with Crippen LogP contribution in [0.2, 0.25) is 0 Å². The van der Waals surface area contributed by atoms with Crippen LogP contribution in [-0.2, 0) is 0 Å². The van der Waals surface area contributed by atoms with E-state index in [1.165, 1.54) is 63.9 Å². The van der Waals surface area contributed by atoms with Crippen molar-refractivity contribution >= 4 is 17.1 Å². The van der Waals surface area contributed by atoms with Gasteiger partial charge in [-0.05, 0) is 123 Å². The van der Waals surface area contributed by atoms with Gasteiger partial charge >= 0.3 is 0 Å². The van der Waals surface area contributed by atoms with Crippen LogP contribution in [0.5, 0.6) is 11.5 Å². The van der Waals surface area contributed by atoms with Crippen LogP contribution in [0.15, 0.2) is 72.8 Å². The fourth-order valence-corrected chi connectivity index (χ4v) is 5.31. The van der Waals surface area contributed by atoms with Crippen molar-refractivity contribution in [2.24, 2.45) is 17.8 Å². The molecular formula is C32H42FN3O2. The van der Waals surface area contributed by atoms with Gasteiger partial charge in [0, 0.05) is 23.6 Å². The molecule has 0 radical (unpaired) electrons. The number of piperidine rings is 1. The van der Waals surface area contributed by atoms with Crippen LogP contribution in [0.4, 0.5) is 21.5 Å². The third-order valence-electron chi connectivity index (χ3n) is 7.83. The Balaban J connectivity index is 0.000000186. The van der Waals surface area contributed by atoms with Crippen molar-refractivity contribution in [3.8, 4) is 11.5 Å². The molecule has 5 nitrogen and oxygen atoms in total. The van der Waals surface area contributed by atoms with Crippen molar-refractivity contribution in [1.29, 1.82) is 0 Å². The molecule has 5 rings (SSSR count). The fraction of sp³-hybridized carbons (Fsp3) is 0.438. The Kier molecular flexibility index (Phi) is 10.3. The van der Waals surface area contributed by atoms with E-state index in [0.717, 1.165) is 47.0 Å². The molecule has 6 heteroatoms. The topological polar surface area (TPSA) is 59.8 Å². The Bertz CT molecular complexity index is 1080. The number of hydrogen-bond acceptors (Lipinski definition) is 5. The molecule has 3 N–H and O–H groups in total. The van der Waals surface area contributed by atoms with E-state index in [1.807, 2.05) is 48.5 Å². The molecule has 0 amide bonds. The maximum atomic E-state index is 12.9. The lowest BCUT2D eigenvalue weighted by molar-refractivity contribution is 0.121. The van der Waals surface area contributed by atoms with Crippen molar-refractivity contribution in [3.63, 3.8) is 0 Å². The minimum absolute atomic E-state index is 0.207. The van der Waals surface area contributed by atoms with Crippen molar-refractivity contribution in [2.75, 3.05) is 44.4 Å². The average molecular weight is 520 g/mol. The van der Waals surface area contributed by atoms with E-state index < -0.39 is 0 Å². The van der Waals surface area contributed by atoms with Gasteiger partial charge in [-0.15, -0.1) is 0 Å². The van der Waals surface area contributed by atoms with Crippen LogP contribution in [0.25, 0.3) is 0 Å². The first kappa shape index (κ1) is 27.8. The number of anilines is 3. The lowest BCUT2D eigenvalue weighted by Crippen LogP contribution is -2.38. The lowest BCUT2D eigenvalue weighted by Gasteiger charge is -2.34. The van der Waals surface area contributed by atoms with E-state index in [9.17, 15) is 4.39 Å². The van der Waals surface area contributed by atoms with E-state index in [4.69, 9.17) is 15.2 Å². The third-order valence-corrected chi connectivity index (χ3v) is 7.83. The van der Waals surface area contributed by atoms with Gasteiger partial charge in [0.2, 0.25) is 0 Å². The summed E-state index contributed by atoms with van der Waals surface area (Å²) in [5.41, 5.74) is 8.41. The largest absolute Gasteiger partial charge is 0.497 e. The van der Waals surface area contributed by atoms with Crippen LogP contribution >= 0.6 is 0 Å². The number of nitrogen functional groups attached to an aromatic ring is 1. The molecule has 0 spiro atoms. The van der Waals surface area contributed by atoms with E-state index in [-0.39, 0.29) is 5.82 Å². The van der Waals surface area contributed by atoms with Gasteiger partial charge in [0.05, 0.1) is 13.7 Å². The standard InChI is InChI=1S/C19H28FNO.C13H14N2O/c1-15-3-2-4-17(15)13-21-11-9-16(10-12-21)14-22-19-7-5-18(20)6-8-19;1-16-13-8-6-12(7-9-13)15-11-4-2-10(14)3-5-11/h5-8,15-17H,2-4,9-14H2,1H3;2-9,15H,14H2,1H3. The summed E-state index contributed by atoms with van der Waals surface area (Å²) in [6, 6.07) is 21.7. The SMILES string of the molecule is CC1CCCC1CN1CCC(COc2ccc(F)cc2)CC1.COc1ccc(Nc2ccc(N)cc2)cc1. The van der Waals surface area contributed by atoms with Gasteiger partial charge in [-0.25, -0.2) is 4.39 Å². The zero-order valence-electron chi connectivity index (χ0n) is 22.7. The van der Waals surface area contributed by atoms with Crippen LogP contribution < -0.4 is 20.5 Å². The van der Waals surface area contributed by atoms with Crippen molar-refractivity contribution in [2.45, 2.75) is 39.0 Å². The second-order valence-corrected chi connectivity index (χ2v) is 10.7. The Morgan fingerprint density at radius 2 is 1.45 bits per heavy atom. The first-order chi connectivity index (χ1) is 18.5. The molecule has 2 fully saturated rings. The maximum absolute atomic E-state index is 12.9. The van der Waals surface area contributed by atoms with Gasteiger partial charge in [-0.1, -0.05) is 19.8 Å². The molecule has 1 heterocycles. The summed E-state index contributed by atoms with van der Waals surface area (Å²) in [5, 5.41) is 3.27. The van der Waals surface area contributed by atoms with Gasteiger partial charge in [-0.2, -0.15) is 0 Å². The number of halogens is 1. The van der Waals surface area contributed by atoms with E-state index in [2.05, 4.69) is 17.1 Å².